The van der Waals surface area contributed by atoms with Gasteiger partial charge in [-0.3, -0.25) is 5.41 Å². The zero-order valence-electron chi connectivity index (χ0n) is 9.54. The van der Waals surface area contributed by atoms with E-state index in [4.69, 9.17) is 14.9 Å². The summed E-state index contributed by atoms with van der Waals surface area (Å²) in [5, 5.41) is 10.8. The quantitative estimate of drug-likeness (QED) is 0.761. The highest BCUT2D eigenvalue weighted by Crippen LogP contribution is 2.32. The summed E-state index contributed by atoms with van der Waals surface area (Å²) in [6.45, 7) is 2.62. The van der Waals surface area contributed by atoms with E-state index in [0.29, 0.717) is 12.4 Å². The average Bonchev–Trinajstić information content (AvgIpc) is 2.62. The van der Waals surface area contributed by atoms with Gasteiger partial charge in [-0.15, -0.1) is 0 Å². The fraction of sp³-hybridized carbons (Fsp3) is 0.417. The maximum Gasteiger partial charge on any atom is 0.279 e. The normalized spacial score (nSPS) is 23.0. The number of nitrogens with one attached hydrogen (secondary N) is 2. The number of benzene rings is 1. The van der Waals surface area contributed by atoms with E-state index in [1.54, 1.807) is 7.11 Å². The monoisotopic (exact) mass is 220 g/mol. The Morgan fingerprint density at radius 1 is 1.38 bits per heavy atom. The highest BCUT2D eigenvalue weighted by atomic mass is 16.7. The predicted octanol–water partition coefficient (Wildman–Crippen LogP) is 1.80. The lowest BCUT2D eigenvalue weighted by Gasteiger charge is -2.28. The summed E-state index contributed by atoms with van der Waals surface area (Å²) in [5.41, 5.74) is 1.71. The fourth-order valence-electron chi connectivity index (χ4n) is 1.87. The van der Waals surface area contributed by atoms with Crippen molar-refractivity contribution >= 4 is 5.84 Å². The van der Waals surface area contributed by atoms with Gasteiger partial charge >= 0.3 is 0 Å². The third-order valence-corrected chi connectivity index (χ3v) is 2.64. The van der Waals surface area contributed by atoms with E-state index in [-0.39, 0.29) is 0 Å². The first-order valence-corrected chi connectivity index (χ1v) is 5.39. The first kappa shape index (κ1) is 11.1. The lowest BCUT2D eigenvalue weighted by Crippen LogP contribution is -2.43. The average molecular weight is 220 g/mol. The number of hydrogen-bond donors (Lipinski definition) is 2. The van der Waals surface area contributed by atoms with E-state index in [2.05, 4.69) is 5.32 Å². The first-order chi connectivity index (χ1) is 7.73. The third-order valence-electron chi connectivity index (χ3n) is 2.64. The van der Waals surface area contributed by atoms with Crippen LogP contribution in [0.5, 0.6) is 0 Å². The van der Waals surface area contributed by atoms with Crippen LogP contribution >= 0.6 is 0 Å². The Balaban J connectivity index is 2.39. The molecule has 1 aliphatic rings. The van der Waals surface area contributed by atoms with Crippen molar-refractivity contribution in [1.29, 1.82) is 5.41 Å². The van der Waals surface area contributed by atoms with Gasteiger partial charge in [-0.05, 0) is 6.42 Å². The van der Waals surface area contributed by atoms with Gasteiger partial charge in [0.15, 0.2) is 0 Å². The molecule has 2 rings (SSSR count). The molecule has 16 heavy (non-hydrogen) atoms. The molecule has 0 aliphatic carbocycles. The van der Waals surface area contributed by atoms with E-state index < -0.39 is 5.91 Å². The van der Waals surface area contributed by atoms with E-state index in [0.717, 1.165) is 17.5 Å². The molecular weight excluding hydrogens is 204 g/mol. The van der Waals surface area contributed by atoms with Gasteiger partial charge in [-0.2, -0.15) is 0 Å². The van der Waals surface area contributed by atoms with Crippen LogP contribution in [0.25, 0.3) is 0 Å². The van der Waals surface area contributed by atoms with Crippen LogP contribution in [0.2, 0.25) is 0 Å². The Morgan fingerprint density at radius 3 is 2.81 bits per heavy atom. The predicted molar refractivity (Wildman–Crippen MR) is 61.3 cm³/mol. The molecule has 0 aromatic heterocycles. The lowest BCUT2D eigenvalue weighted by molar-refractivity contribution is -0.239. The van der Waals surface area contributed by atoms with Crippen LogP contribution in [-0.2, 0) is 15.4 Å². The number of hydrogen-bond acceptors (Lipinski definition) is 3. The van der Waals surface area contributed by atoms with Gasteiger partial charge in [0.25, 0.3) is 5.91 Å². The summed E-state index contributed by atoms with van der Waals surface area (Å²) in [6, 6.07) is 7.63. The van der Waals surface area contributed by atoms with Crippen molar-refractivity contribution in [1.82, 2.24) is 5.32 Å². The molecule has 1 aromatic carbocycles. The Morgan fingerprint density at radius 2 is 2.12 bits per heavy atom. The third kappa shape index (κ3) is 1.60. The maximum atomic E-state index is 7.85. The molecular formula is C12H16N2O2. The molecule has 0 radical (unpaired) electrons. The maximum absolute atomic E-state index is 7.85. The fourth-order valence-corrected chi connectivity index (χ4v) is 1.87. The second kappa shape index (κ2) is 4.23. The molecule has 0 spiro atoms. The van der Waals surface area contributed by atoms with Gasteiger partial charge in [0.2, 0.25) is 0 Å². The molecule has 0 saturated carbocycles. The molecule has 4 heteroatoms. The first-order valence-electron chi connectivity index (χ1n) is 5.39. The number of fused-ring (bicyclic) bond motifs is 1. The van der Waals surface area contributed by atoms with Crippen molar-refractivity contribution in [3.05, 3.63) is 35.4 Å². The van der Waals surface area contributed by atoms with Crippen LogP contribution in [0.3, 0.4) is 0 Å². The molecule has 1 atom stereocenters. The highest BCUT2D eigenvalue weighted by Gasteiger charge is 2.42. The Hall–Kier alpha value is -1.39. The van der Waals surface area contributed by atoms with Crippen LogP contribution in [0, 0.1) is 5.41 Å². The standard InChI is InChI=1S/C12H16N2O2/c1-3-8-16-12(15-2)10-7-5-4-6-9(10)11(13)14-12/h4-7H,3,8H2,1-2H3,(H2,13,14). The second-order valence-corrected chi connectivity index (χ2v) is 3.71. The topological polar surface area (TPSA) is 54.3 Å². The molecule has 1 heterocycles. The van der Waals surface area contributed by atoms with Gasteiger partial charge in [0.1, 0.15) is 5.84 Å². The van der Waals surface area contributed by atoms with Crippen LogP contribution in [0.1, 0.15) is 24.5 Å². The number of rotatable bonds is 4. The minimum Gasteiger partial charge on any atom is -0.332 e. The summed E-state index contributed by atoms with van der Waals surface area (Å²) >= 11 is 0. The van der Waals surface area contributed by atoms with E-state index in [1.807, 2.05) is 31.2 Å². The van der Waals surface area contributed by atoms with E-state index >= 15 is 0 Å². The summed E-state index contributed by atoms with van der Waals surface area (Å²) in [5.74, 6) is -0.641. The van der Waals surface area contributed by atoms with E-state index in [1.165, 1.54) is 0 Å². The molecule has 1 aliphatic heterocycles. The molecule has 86 valence electrons. The highest BCUT2D eigenvalue weighted by molar-refractivity contribution is 6.01. The van der Waals surface area contributed by atoms with E-state index in [9.17, 15) is 0 Å². The zero-order valence-corrected chi connectivity index (χ0v) is 9.54. The van der Waals surface area contributed by atoms with Crippen molar-refractivity contribution in [3.8, 4) is 0 Å². The van der Waals surface area contributed by atoms with Crippen LogP contribution in [-0.4, -0.2) is 19.6 Å². The van der Waals surface area contributed by atoms with Crippen LogP contribution < -0.4 is 5.32 Å². The second-order valence-electron chi connectivity index (χ2n) is 3.71. The van der Waals surface area contributed by atoms with Crippen LogP contribution in [0.15, 0.2) is 24.3 Å². The van der Waals surface area contributed by atoms with Gasteiger partial charge in [-0.25, -0.2) is 0 Å². The zero-order chi connectivity index (χ0) is 11.6. The Bertz CT molecular complexity index is 406. The largest absolute Gasteiger partial charge is 0.332 e. The Labute approximate surface area is 95.1 Å². The molecule has 0 saturated heterocycles. The number of ether oxygens (including phenoxy) is 2. The molecule has 0 fully saturated rings. The summed E-state index contributed by atoms with van der Waals surface area (Å²) < 4.78 is 11.1. The van der Waals surface area contributed by atoms with Gasteiger partial charge < -0.3 is 14.8 Å². The van der Waals surface area contributed by atoms with Gasteiger partial charge in [0.05, 0.1) is 6.61 Å². The van der Waals surface area contributed by atoms with Crippen molar-refractivity contribution in [3.63, 3.8) is 0 Å². The van der Waals surface area contributed by atoms with Crippen LogP contribution in [0.4, 0.5) is 0 Å². The molecule has 4 nitrogen and oxygen atoms in total. The van der Waals surface area contributed by atoms with Crippen molar-refractivity contribution in [2.45, 2.75) is 19.3 Å². The molecule has 0 amide bonds. The molecule has 0 bridgehead atoms. The Kier molecular flexibility index (Phi) is 2.94. The molecule has 1 unspecified atom stereocenters. The number of amidine groups is 1. The molecule has 1 aromatic rings. The molecule has 2 N–H and O–H groups in total. The SMILES string of the molecule is CCCOC1(OC)NC(=N)c2ccccc21. The van der Waals surface area contributed by atoms with Gasteiger partial charge in [0, 0.05) is 18.2 Å². The number of methoxy groups -OCH3 is 1. The minimum atomic E-state index is -0.982. The van der Waals surface area contributed by atoms with Crippen molar-refractivity contribution in [2.75, 3.05) is 13.7 Å². The summed E-state index contributed by atoms with van der Waals surface area (Å²) in [4.78, 5) is 0. The van der Waals surface area contributed by atoms with Gasteiger partial charge in [-0.1, -0.05) is 31.2 Å². The van der Waals surface area contributed by atoms with Crippen molar-refractivity contribution < 1.29 is 9.47 Å². The van der Waals surface area contributed by atoms with Crippen molar-refractivity contribution in [2.24, 2.45) is 0 Å². The minimum absolute atomic E-state index is 0.341. The lowest BCUT2D eigenvalue weighted by atomic mass is 10.1. The smallest absolute Gasteiger partial charge is 0.279 e. The summed E-state index contributed by atoms with van der Waals surface area (Å²) in [7, 11) is 1.58. The summed E-state index contributed by atoms with van der Waals surface area (Å²) in [6.07, 6.45) is 0.905.